The van der Waals surface area contributed by atoms with Gasteiger partial charge in [-0.05, 0) is 18.2 Å². The number of carbonyl (C=O) groups excluding carboxylic acids is 1. The number of hydrogen-bond acceptors (Lipinski definition) is 3. The van der Waals surface area contributed by atoms with E-state index in [1.807, 2.05) is 16.9 Å². The number of carbonyl (C=O) groups is 1. The molecule has 23 heavy (non-hydrogen) atoms. The highest BCUT2D eigenvalue weighted by atomic mass is 19.1. The molecule has 0 aliphatic carbocycles. The van der Waals surface area contributed by atoms with E-state index in [2.05, 4.69) is 10.00 Å². The van der Waals surface area contributed by atoms with Gasteiger partial charge in [-0.2, -0.15) is 5.10 Å². The molecule has 122 valence electrons. The Kier molecular flexibility index (Phi) is 4.66. The van der Waals surface area contributed by atoms with Gasteiger partial charge in [-0.1, -0.05) is 0 Å². The van der Waals surface area contributed by atoms with Crippen LogP contribution >= 0.6 is 0 Å². The number of piperazine rings is 1. The molecular weight excluding hydrogens is 302 g/mol. The molecule has 2 aromatic rings. The van der Waals surface area contributed by atoms with Crippen LogP contribution in [0, 0.1) is 11.6 Å². The maximum Gasteiger partial charge on any atom is 0.256 e. The Hall–Kier alpha value is -2.28. The third-order valence-corrected chi connectivity index (χ3v) is 4.03. The van der Waals surface area contributed by atoms with E-state index in [1.54, 1.807) is 11.1 Å². The van der Waals surface area contributed by atoms with Gasteiger partial charge in [-0.3, -0.25) is 14.4 Å². The van der Waals surface area contributed by atoms with Crippen LogP contribution in [-0.2, 0) is 6.54 Å². The van der Waals surface area contributed by atoms with E-state index in [4.69, 9.17) is 0 Å². The molecule has 1 aliphatic heterocycles. The normalized spacial score (nSPS) is 15.8. The maximum atomic E-state index is 13.7. The molecule has 1 saturated heterocycles. The van der Waals surface area contributed by atoms with Crippen molar-refractivity contribution in [2.45, 2.75) is 6.54 Å². The van der Waals surface area contributed by atoms with Gasteiger partial charge in [0.15, 0.2) is 0 Å². The fourth-order valence-corrected chi connectivity index (χ4v) is 2.68. The van der Waals surface area contributed by atoms with Crippen LogP contribution in [0.15, 0.2) is 36.7 Å². The summed E-state index contributed by atoms with van der Waals surface area (Å²) in [4.78, 5) is 16.2. The Morgan fingerprint density at radius 1 is 1.13 bits per heavy atom. The van der Waals surface area contributed by atoms with E-state index < -0.39 is 11.6 Å². The van der Waals surface area contributed by atoms with Crippen LogP contribution in [-0.4, -0.2) is 58.2 Å². The van der Waals surface area contributed by atoms with Crippen molar-refractivity contribution in [3.05, 3.63) is 53.9 Å². The summed E-state index contributed by atoms with van der Waals surface area (Å²) in [5.41, 5.74) is -0.0728. The average molecular weight is 320 g/mol. The SMILES string of the molecule is O=C(c1ccc(F)cc1F)N1CCN(CCn2cccn2)CC1. The second-order valence-electron chi connectivity index (χ2n) is 5.53. The Morgan fingerprint density at radius 2 is 1.91 bits per heavy atom. The summed E-state index contributed by atoms with van der Waals surface area (Å²) >= 11 is 0. The lowest BCUT2D eigenvalue weighted by Crippen LogP contribution is -2.49. The molecule has 0 atom stereocenters. The largest absolute Gasteiger partial charge is 0.336 e. The number of halogens is 2. The quantitative estimate of drug-likeness (QED) is 0.860. The fraction of sp³-hybridized carbons (Fsp3) is 0.375. The summed E-state index contributed by atoms with van der Waals surface area (Å²) in [6.45, 7) is 4.19. The Balaban J connectivity index is 1.53. The molecule has 2 heterocycles. The van der Waals surface area contributed by atoms with Gasteiger partial charge in [-0.25, -0.2) is 8.78 Å². The lowest BCUT2D eigenvalue weighted by atomic mass is 10.1. The zero-order valence-electron chi connectivity index (χ0n) is 12.7. The minimum absolute atomic E-state index is 0.0728. The van der Waals surface area contributed by atoms with Crippen LogP contribution in [0.1, 0.15) is 10.4 Å². The topological polar surface area (TPSA) is 41.4 Å². The van der Waals surface area contributed by atoms with Crippen molar-refractivity contribution in [3.8, 4) is 0 Å². The summed E-state index contributed by atoms with van der Waals surface area (Å²) in [6, 6.07) is 4.94. The molecule has 1 aliphatic rings. The molecule has 7 heteroatoms. The summed E-state index contributed by atoms with van der Waals surface area (Å²) in [7, 11) is 0. The molecule has 0 N–H and O–H groups in total. The molecule has 1 fully saturated rings. The van der Waals surface area contributed by atoms with E-state index in [1.165, 1.54) is 6.07 Å². The Morgan fingerprint density at radius 3 is 2.57 bits per heavy atom. The van der Waals surface area contributed by atoms with E-state index >= 15 is 0 Å². The molecule has 0 radical (unpaired) electrons. The predicted octanol–water partition coefficient (Wildman–Crippen LogP) is 1.62. The minimum Gasteiger partial charge on any atom is -0.336 e. The molecule has 5 nitrogen and oxygen atoms in total. The first-order chi connectivity index (χ1) is 11.1. The zero-order valence-corrected chi connectivity index (χ0v) is 12.7. The summed E-state index contributed by atoms with van der Waals surface area (Å²) in [5.74, 6) is -1.87. The Bertz CT molecular complexity index is 667. The molecule has 0 spiro atoms. The van der Waals surface area contributed by atoms with Crippen LogP contribution in [0.2, 0.25) is 0 Å². The monoisotopic (exact) mass is 320 g/mol. The summed E-state index contributed by atoms with van der Waals surface area (Å²) in [5, 5.41) is 4.15. The van der Waals surface area contributed by atoms with Crippen molar-refractivity contribution in [3.63, 3.8) is 0 Å². The number of amides is 1. The summed E-state index contributed by atoms with van der Waals surface area (Å²) in [6.07, 6.45) is 3.66. The van der Waals surface area contributed by atoms with Crippen LogP contribution < -0.4 is 0 Å². The standard InChI is InChI=1S/C16H18F2N4O/c17-13-2-3-14(15(18)12-13)16(23)21-9-6-20(7-10-21)8-11-22-5-1-4-19-22/h1-5,12H,6-11H2. The van der Waals surface area contributed by atoms with Crippen molar-refractivity contribution in [1.82, 2.24) is 19.6 Å². The van der Waals surface area contributed by atoms with Gasteiger partial charge < -0.3 is 4.90 Å². The first-order valence-electron chi connectivity index (χ1n) is 7.57. The third-order valence-electron chi connectivity index (χ3n) is 4.03. The molecule has 0 saturated carbocycles. The highest BCUT2D eigenvalue weighted by molar-refractivity contribution is 5.94. The molecule has 0 bridgehead atoms. The highest BCUT2D eigenvalue weighted by Crippen LogP contribution is 2.14. The predicted molar refractivity (Wildman–Crippen MR) is 80.9 cm³/mol. The molecule has 1 aromatic carbocycles. The van der Waals surface area contributed by atoms with Crippen LogP contribution in [0.25, 0.3) is 0 Å². The van der Waals surface area contributed by atoms with Crippen LogP contribution in [0.4, 0.5) is 8.78 Å². The lowest BCUT2D eigenvalue weighted by molar-refractivity contribution is 0.0627. The van der Waals surface area contributed by atoms with Gasteiger partial charge in [0.25, 0.3) is 5.91 Å². The Labute approximate surface area is 133 Å². The number of nitrogens with zero attached hydrogens (tertiary/aromatic N) is 4. The van der Waals surface area contributed by atoms with Gasteiger partial charge >= 0.3 is 0 Å². The van der Waals surface area contributed by atoms with Gasteiger partial charge in [0.05, 0.1) is 12.1 Å². The summed E-state index contributed by atoms with van der Waals surface area (Å²) < 4.78 is 28.5. The van der Waals surface area contributed by atoms with Gasteiger partial charge in [-0.15, -0.1) is 0 Å². The van der Waals surface area contributed by atoms with Gasteiger partial charge in [0.1, 0.15) is 11.6 Å². The second kappa shape index (κ2) is 6.87. The average Bonchev–Trinajstić information content (AvgIpc) is 3.06. The van der Waals surface area contributed by atoms with Crippen LogP contribution in [0.3, 0.4) is 0 Å². The second-order valence-corrected chi connectivity index (χ2v) is 5.53. The number of benzene rings is 1. The lowest BCUT2D eigenvalue weighted by Gasteiger charge is -2.34. The molecule has 1 aromatic heterocycles. The first-order valence-corrected chi connectivity index (χ1v) is 7.57. The van der Waals surface area contributed by atoms with E-state index in [-0.39, 0.29) is 11.5 Å². The fourth-order valence-electron chi connectivity index (χ4n) is 2.68. The third kappa shape index (κ3) is 3.73. The molecular formula is C16H18F2N4O. The highest BCUT2D eigenvalue weighted by Gasteiger charge is 2.24. The van der Waals surface area contributed by atoms with E-state index in [9.17, 15) is 13.6 Å². The maximum absolute atomic E-state index is 13.7. The van der Waals surface area contributed by atoms with Crippen molar-refractivity contribution in [1.29, 1.82) is 0 Å². The smallest absolute Gasteiger partial charge is 0.256 e. The van der Waals surface area contributed by atoms with Crippen molar-refractivity contribution >= 4 is 5.91 Å². The number of rotatable bonds is 4. The molecule has 0 unspecified atom stereocenters. The van der Waals surface area contributed by atoms with E-state index in [0.717, 1.165) is 38.3 Å². The van der Waals surface area contributed by atoms with E-state index in [0.29, 0.717) is 13.1 Å². The molecule has 1 amide bonds. The minimum atomic E-state index is -0.809. The van der Waals surface area contributed by atoms with Gasteiger partial charge in [0.2, 0.25) is 0 Å². The van der Waals surface area contributed by atoms with Crippen molar-refractivity contribution < 1.29 is 13.6 Å². The van der Waals surface area contributed by atoms with Gasteiger partial charge in [0, 0.05) is 51.2 Å². The van der Waals surface area contributed by atoms with Crippen molar-refractivity contribution in [2.24, 2.45) is 0 Å². The first kappa shape index (κ1) is 15.6. The van der Waals surface area contributed by atoms with Crippen LogP contribution in [0.5, 0.6) is 0 Å². The number of aromatic nitrogens is 2. The zero-order chi connectivity index (χ0) is 16.2. The molecule has 3 rings (SSSR count). The number of hydrogen-bond donors (Lipinski definition) is 0. The van der Waals surface area contributed by atoms with Crippen molar-refractivity contribution in [2.75, 3.05) is 32.7 Å².